The van der Waals surface area contributed by atoms with Crippen LogP contribution in [0, 0.1) is 10.1 Å². The van der Waals surface area contributed by atoms with Gasteiger partial charge in [-0.2, -0.15) is 5.10 Å². The van der Waals surface area contributed by atoms with E-state index in [0.717, 1.165) is 16.5 Å². The smallest absolute Gasteiger partial charge is 0.311 e. The molecule has 1 aromatic heterocycles. The predicted molar refractivity (Wildman–Crippen MR) is 127 cm³/mol. The van der Waals surface area contributed by atoms with Crippen molar-refractivity contribution in [2.24, 2.45) is 0 Å². The summed E-state index contributed by atoms with van der Waals surface area (Å²) in [5, 5.41) is 20.0. The zero-order chi connectivity index (χ0) is 23.7. The van der Waals surface area contributed by atoms with Gasteiger partial charge < -0.3 is 9.47 Å². The molecular weight excluding hydrogens is 434 g/mol. The largest absolute Gasteiger partial charge is 0.482 e. The van der Waals surface area contributed by atoms with Crippen LogP contribution in [0.2, 0.25) is 0 Å². The number of fused-ring (bicyclic) bond motifs is 2. The molecule has 5 rings (SSSR count). The summed E-state index contributed by atoms with van der Waals surface area (Å²) in [7, 11) is 1.33. The van der Waals surface area contributed by atoms with Crippen molar-refractivity contribution in [3.8, 4) is 16.9 Å². The molecule has 4 aromatic rings. The number of carbonyl (C=O) groups excluding carboxylic acids is 1. The quantitative estimate of drug-likeness (QED) is 0.243. The van der Waals surface area contributed by atoms with Crippen molar-refractivity contribution >= 4 is 22.6 Å². The van der Waals surface area contributed by atoms with Crippen LogP contribution >= 0.6 is 0 Å². The van der Waals surface area contributed by atoms with Gasteiger partial charge in [0.1, 0.15) is 6.10 Å². The number of carbonyl (C=O) groups is 1. The van der Waals surface area contributed by atoms with Crippen LogP contribution in [0.25, 0.3) is 22.0 Å². The van der Waals surface area contributed by atoms with Crippen LogP contribution in [0.4, 0.5) is 5.69 Å². The maximum atomic E-state index is 12.1. The average molecular weight is 457 g/mol. The number of nitrogens with zero attached hydrogens (tertiary/aromatic N) is 2. The third-order valence-electron chi connectivity index (χ3n) is 6.22. The first-order chi connectivity index (χ1) is 16.5. The minimum Gasteiger partial charge on any atom is -0.482 e. The van der Waals surface area contributed by atoms with E-state index in [2.05, 4.69) is 22.3 Å². The van der Waals surface area contributed by atoms with Gasteiger partial charge >= 0.3 is 11.7 Å². The lowest BCUT2D eigenvalue weighted by Crippen LogP contribution is -2.18. The summed E-state index contributed by atoms with van der Waals surface area (Å²) < 4.78 is 11.1. The third-order valence-corrected chi connectivity index (χ3v) is 6.22. The molecule has 0 unspecified atom stereocenters. The van der Waals surface area contributed by atoms with Gasteiger partial charge in [0, 0.05) is 36.3 Å². The minimum absolute atomic E-state index is 0.111. The lowest BCUT2D eigenvalue weighted by atomic mass is 9.97. The summed E-state index contributed by atoms with van der Waals surface area (Å²) in [6.45, 7) is 0. The molecule has 1 aliphatic carbocycles. The van der Waals surface area contributed by atoms with E-state index in [1.807, 2.05) is 36.4 Å². The number of benzene rings is 3. The van der Waals surface area contributed by atoms with E-state index in [9.17, 15) is 14.9 Å². The first kappa shape index (κ1) is 21.6. The monoisotopic (exact) mass is 457 g/mol. The molecule has 1 aliphatic rings. The van der Waals surface area contributed by atoms with E-state index in [-0.39, 0.29) is 29.9 Å². The maximum Gasteiger partial charge on any atom is 0.311 e. The summed E-state index contributed by atoms with van der Waals surface area (Å²) in [5.41, 5.74) is 5.23. The standard InChI is InChI=1S/C26H23N3O5/c1-33-25(30)9-6-16-10-22(19-7-8-23-20(12-19)15-27-28-23)26(24(11-16)29(31)32)34-21-13-17-4-2-3-5-18(17)14-21/h2-5,7-8,10-12,15,21H,6,9,13-14H2,1H3,(H,27,28). The van der Waals surface area contributed by atoms with E-state index >= 15 is 0 Å². The van der Waals surface area contributed by atoms with Crippen molar-refractivity contribution in [3.05, 3.63) is 87.6 Å². The highest BCUT2D eigenvalue weighted by atomic mass is 16.6. The molecule has 0 fully saturated rings. The molecule has 0 amide bonds. The van der Waals surface area contributed by atoms with E-state index in [1.165, 1.54) is 24.3 Å². The number of esters is 1. The van der Waals surface area contributed by atoms with Gasteiger partial charge in [-0.3, -0.25) is 20.0 Å². The van der Waals surface area contributed by atoms with Gasteiger partial charge in [0.25, 0.3) is 0 Å². The third kappa shape index (κ3) is 4.22. The number of nitro benzene ring substituents is 1. The zero-order valence-electron chi connectivity index (χ0n) is 18.6. The van der Waals surface area contributed by atoms with Crippen LogP contribution in [0.15, 0.2) is 60.8 Å². The van der Waals surface area contributed by atoms with E-state index in [0.29, 0.717) is 30.4 Å². The Balaban J connectivity index is 1.58. The Morgan fingerprint density at radius 2 is 1.91 bits per heavy atom. The number of hydrogen-bond acceptors (Lipinski definition) is 6. The lowest BCUT2D eigenvalue weighted by Gasteiger charge is -2.18. The minimum atomic E-state index is -0.418. The molecular formula is C26H23N3O5. The van der Waals surface area contributed by atoms with Crippen LogP contribution in [0.3, 0.4) is 0 Å². The number of hydrogen-bond donors (Lipinski definition) is 1. The van der Waals surface area contributed by atoms with Crippen LogP contribution in [-0.4, -0.2) is 34.3 Å². The molecule has 3 aromatic carbocycles. The normalized spacial score (nSPS) is 13.1. The Morgan fingerprint density at radius 3 is 2.62 bits per heavy atom. The highest BCUT2D eigenvalue weighted by molar-refractivity contribution is 5.87. The molecule has 0 saturated heterocycles. The first-order valence-corrected chi connectivity index (χ1v) is 11.1. The molecule has 1 heterocycles. The number of H-pyrrole nitrogens is 1. The van der Waals surface area contributed by atoms with Gasteiger partial charge in [-0.15, -0.1) is 0 Å². The fourth-order valence-electron chi connectivity index (χ4n) is 4.52. The number of nitro groups is 1. The summed E-state index contributed by atoms with van der Waals surface area (Å²) in [6, 6.07) is 17.2. The Bertz CT molecular complexity index is 1370. The molecule has 0 bridgehead atoms. The van der Waals surface area contributed by atoms with Gasteiger partial charge in [0.05, 0.1) is 23.7 Å². The molecule has 8 heteroatoms. The fraction of sp³-hybridized carbons (Fsp3) is 0.231. The highest BCUT2D eigenvalue weighted by Crippen LogP contribution is 2.42. The number of aromatic amines is 1. The van der Waals surface area contributed by atoms with Gasteiger partial charge in [0.2, 0.25) is 5.75 Å². The van der Waals surface area contributed by atoms with E-state index in [4.69, 9.17) is 9.47 Å². The number of methoxy groups -OCH3 is 1. The first-order valence-electron chi connectivity index (χ1n) is 11.1. The maximum absolute atomic E-state index is 12.1. The van der Waals surface area contributed by atoms with Gasteiger partial charge in [-0.05, 0) is 46.9 Å². The predicted octanol–water partition coefficient (Wildman–Crippen LogP) is 4.79. The SMILES string of the molecule is COC(=O)CCc1cc(-c2ccc3[nH]ncc3c2)c(OC2Cc3ccccc3C2)c([N+](=O)[O-])c1. The van der Waals surface area contributed by atoms with Crippen LogP contribution in [-0.2, 0) is 28.8 Å². The topological polar surface area (TPSA) is 107 Å². The van der Waals surface area contributed by atoms with E-state index < -0.39 is 4.92 Å². The number of nitrogens with one attached hydrogen (secondary N) is 1. The molecule has 8 nitrogen and oxygen atoms in total. The fourth-order valence-corrected chi connectivity index (χ4v) is 4.52. The van der Waals surface area contributed by atoms with Crippen molar-refractivity contribution in [1.29, 1.82) is 0 Å². The summed E-state index contributed by atoms with van der Waals surface area (Å²) >= 11 is 0. The summed E-state index contributed by atoms with van der Waals surface area (Å²) in [4.78, 5) is 23.4. The van der Waals surface area contributed by atoms with Gasteiger partial charge in [0.15, 0.2) is 0 Å². The van der Waals surface area contributed by atoms with Gasteiger partial charge in [-0.25, -0.2) is 0 Å². The van der Waals surface area contributed by atoms with Crippen molar-refractivity contribution < 1.29 is 19.2 Å². The average Bonchev–Trinajstić information content (AvgIpc) is 3.48. The molecule has 0 radical (unpaired) electrons. The molecule has 34 heavy (non-hydrogen) atoms. The van der Waals surface area contributed by atoms with E-state index in [1.54, 1.807) is 6.20 Å². The number of rotatable bonds is 7. The Labute approximate surface area is 195 Å². The van der Waals surface area contributed by atoms with Crippen LogP contribution < -0.4 is 4.74 Å². The van der Waals surface area contributed by atoms with Crippen molar-refractivity contribution in [3.63, 3.8) is 0 Å². The zero-order valence-corrected chi connectivity index (χ0v) is 18.6. The van der Waals surface area contributed by atoms with Crippen molar-refractivity contribution in [2.75, 3.05) is 7.11 Å². The molecule has 172 valence electrons. The number of aryl methyl sites for hydroxylation is 1. The van der Waals surface area contributed by atoms with Crippen LogP contribution in [0.1, 0.15) is 23.1 Å². The van der Waals surface area contributed by atoms with Crippen LogP contribution in [0.5, 0.6) is 5.75 Å². The Kier molecular flexibility index (Phi) is 5.71. The lowest BCUT2D eigenvalue weighted by molar-refractivity contribution is -0.386. The van der Waals surface area contributed by atoms with Crippen molar-refractivity contribution in [1.82, 2.24) is 10.2 Å². The Morgan fingerprint density at radius 1 is 1.15 bits per heavy atom. The molecule has 0 spiro atoms. The number of aromatic nitrogens is 2. The summed E-state index contributed by atoms with van der Waals surface area (Å²) in [5.74, 6) is -0.125. The summed E-state index contributed by atoms with van der Waals surface area (Å²) in [6.07, 6.45) is 3.35. The van der Waals surface area contributed by atoms with Gasteiger partial charge in [-0.1, -0.05) is 30.3 Å². The molecule has 0 aliphatic heterocycles. The molecule has 1 N–H and O–H groups in total. The molecule has 0 saturated carbocycles. The second-order valence-corrected chi connectivity index (χ2v) is 8.41. The van der Waals surface area contributed by atoms with Crippen molar-refractivity contribution in [2.45, 2.75) is 31.8 Å². The highest BCUT2D eigenvalue weighted by Gasteiger charge is 2.29. The number of ether oxygens (including phenoxy) is 2. The molecule has 0 atom stereocenters. The second-order valence-electron chi connectivity index (χ2n) is 8.41. The Hall–Kier alpha value is -4.20. The second kappa shape index (κ2) is 8.97.